The first-order valence-electron chi connectivity index (χ1n) is 12.4. The number of hydrogen-bond acceptors (Lipinski definition) is 5. The zero-order valence-electron chi connectivity index (χ0n) is 21.2. The van der Waals surface area contributed by atoms with Crippen LogP contribution in [0.25, 0.3) is 0 Å². The van der Waals surface area contributed by atoms with Gasteiger partial charge in [-0.25, -0.2) is 8.42 Å². The van der Waals surface area contributed by atoms with Crippen LogP contribution in [0.15, 0.2) is 71.6 Å². The van der Waals surface area contributed by atoms with Gasteiger partial charge in [-0.15, -0.1) is 0 Å². The SMILES string of the molecule is CCN(CC)c1ccc(NC(=O)C(NS(=O)(=O)c2ccc3c(c2)CCC(=O)N3)c2ccccc2)c(C)c1. The van der Waals surface area contributed by atoms with Gasteiger partial charge in [-0.2, -0.15) is 4.72 Å². The molecule has 9 heteroatoms. The molecule has 0 fully saturated rings. The number of carbonyl (C=O) groups is 2. The average Bonchev–Trinajstić information content (AvgIpc) is 2.89. The molecule has 0 radical (unpaired) electrons. The third-order valence-corrected chi connectivity index (χ3v) is 7.97. The Morgan fingerprint density at radius 2 is 1.73 bits per heavy atom. The Morgan fingerprint density at radius 1 is 1.00 bits per heavy atom. The molecule has 37 heavy (non-hydrogen) atoms. The maximum atomic E-state index is 13.5. The van der Waals surface area contributed by atoms with E-state index in [-0.39, 0.29) is 10.8 Å². The first kappa shape index (κ1) is 26.4. The van der Waals surface area contributed by atoms with Gasteiger partial charge in [-0.05, 0) is 80.3 Å². The molecule has 1 aliphatic heterocycles. The summed E-state index contributed by atoms with van der Waals surface area (Å²) in [5.41, 5.74) is 4.42. The zero-order chi connectivity index (χ0) is 26.6. The number of nitrogens with one attached hydrogen (secondary N) is 3. The van der Waals surface area contributed by atoms with E-state index in [0.29, 0.717) is 29.8 Å². The van der Waals surface area contributed by atoms with Crippen molar-refractivity contribution >= 4 is 38.9 Å². The van der Waals surface area contributed by atoms with Gasteiger partial charge in [-0.3, -0.25) is 9.59 Å². The molecule has 0 saturated carbocycles. The highest BCUT2D eigenvalue weighted by molar-refractivity contribution is 7.89. The quantitative estimate of drug-likeness (QED) is 0.388. The predicted octanol–water partition coefficient (Wildman–Crippen LogP) is 4.38. The fourth-order valence-corrected chi connectivity index (χ4v) is 5.68. The van der Waals surface area contributed by atoms with Crippen molar-refractivity contribution in [2.75, 3.05) is 28.6 Å². The molecular weight excluding hydrogens is 488 g/mol. The summed E-state index contributed by atoms with van der Waals surface area (Å²) in [5.74, 6) is -0.582. The molecule has 3 aromatic rings. The van der Waals surface area contributed by atoms with E-state index < -0.39 is 22.0 Å². The molecule has 2 amide bonds. The molecule has 1 atom stereocenters. The number of hydrogen-bond donors (Lipinski definition) is 3. The maximum absolute atomic E-state index is 13.5. The second-order valence-corrected chi connectivity index (χ2v) is 10.7. The summed E-state index contributed by atoms with van der Waals surface area (Å²) in [6, 6.07) is 18.0. The number of fused-ring (bicyclic) bond motifs is 1. The van der Waals surface area contributed by atoms with E-state index in [0.717, 1.165) is 29.9 Å². The molecule has 3 N–H and O–H groups in total. The van der Waals surface area contributed by atoms with E-state index in [1.165, 1.54) is 6.07 Å². The number of anilines is 3. The van der Waals surface area contributed by atoms with Gasteiger partial charge in [-0.1, -0.05) is 30.3 Å². The maximum Gasteiger partial charge on any atom is 0.247 e. The van der Waals surface area contributed by atoms with Crippen molar-refractivity contribution in [3.8, 4) is 0 Å². The lowest BCUT2D eigenvalue weighted by molar-refractivity contribution is -0.118. The molecule has 0 aliphatic carbocycles. The van der Waals surface area contributed by atoms with Gasteiger partial charge in [0, 0.05) is 36.6 Å². The summed E-state index contributed by atoms with van der Waals surface area (Å²) >= 11 is 0. The molecule has 0 spiro atoms. The van der Waals surface area contributed by atoms with Gasteiger partial charge >= 0.3 is 0 Å². The smallest absolute Gasteiger partial charge is 0.247 e. The molecule has 4 rings (SSSR count). The molecule has 194 valence electrons. The van der Waals surface area contributed by atoms with E-state index in [9.17, 15) is 18.0 Å². The lowest BCUT2D eigenvalue weighted by Gasteiger charge is -2.23. The van der Waals surface area contributed by atoms with Crippen LogP contribution in [-0.2, 0) is 26.0 Å². The molecule has 1 unspecified atom stereocenters. The van der Waals surface area contributed by atoms with Crippen LogP contribution in [0.3, 0.4) is 0 Å². The molecule has 1 aliphatic rings. The molecule has 1 heterocycles. The first-order valence-corrected chi connectivity index (χ1v) is 13.9. The Labute approximate surface area is 218 Å². The van der Waals surface area contributed by atoms with Gasteiger partial charge in [0.15, 0.2) is 0 Å². The van der Waals surface area contributed by atoms with E-state index in [2.05, 4.69) is 34.1 Å². The number of benzene rings is 3. The topological polar surface area (TPSA) is 108 Å². The molecule has 8 nitrogen and oxygen atoms in total. The van der Waals surface area contributed by atoms with Crippen LogP contribution in [0.5, 0.6) is 0 Å². The van der Waals surface area contributed by atoms with E-state index >= 15 is 0 Å². The lowest BCUT2D eigenvalue weighted by Crippen LogP contribution is -2.37. The van der Waals surface area contributed by atoms with Crippen molar-refractivity contribution in [3.63, 3.8) is 0 Å². The second kappa shape index (κ2) is 11.1. The third kappa shape index (κ3) is 6.00. The average molecular weight is 521 g/mol. The minimum atomic E-state index is -4.06. The Kier molecular flexibility index (Phi) is 7.94. The van der Waals surface area contributed by atoms with Crippen molar-refractivity contribution in [2.24, 2.45) is 0 Å². The van der Waals surface area contributed by atoms with Crippen LogP contribution >= 0.6 is 0 Å². The number of amides is 2. The highest BCUT2D eigenvalue weighted by atomic mass is 32.2. The Balaban J connectivity index is 1.61. The highest BCUT2D eigenvalue weighted by Crippen LogP contribution is 2.28. The van der Waals surface area contributed by atoms with E-state index in [1.807, 2.05) is 25.1 Å². The molecule has 3 aromatic carbocycles. The second-order valence-electron chi connectivity index (χ2n) is 8.99. The normalized spacial score (nSPS) is 13.9. The summed E-state index contributed by atoms with van der Waals surface area (Å²) in [7, 11) is -4.06. The monoisotopic (exact) mass is 520 g/mol. The minimum Gasteiger partial charge on any atom is -0.372 e. The van der Waals surface area contributed by atoms with Crippen LogP contribution < -0.4 is 20.3 Å². The number of aryl methyl sites for hydroxylation is 2. The number of carbonyl (C=O) groups excluding carboxylic acids is 2. The Hall–Kier alpha value is -3.69. The Bertz CT molecular complexity index is 1400. The van der Waals surface area contributed by atoms with Crippen LogP contribution in [0, 0.1) is 6.92 Å². The molecule has 0 saturated heterocycles. The number of sulfonamides is 1. The van der Waals surface area contributed by atoms with Gasteiger partial charge < -0.3 is 15.5 Å². The number of rotatable bonds is 9. The van der Waals surface area contributed by atoms with E-state index in [4.69, 9.17) is 0 Å². The minimum absolute atomic E-state index is 0.0379. The van der Waals surface area contributed by atoms with Crippen molar-refractivity contribution in [2.45, 2.75) is 44.6 Å². The fourth-order valence-electron chi connectivity index (χ4n) is 4.45. The van der Waals surface area contributed by atoms with Crippen molar-refractivity contribution in [3.05, 3.63) is 83.4 Å². The summed E-state index contributed by atoms with van der Waals surface area (Å²) in [6.45, 7) is 7.83. The molecule has 0 bridgehead atoms. The summed E-state index contributed by atoms with van der Waals surface area (Å²) in [5, 5.41) is 5.66. The third-order valence-electron chi connectivity index (χ3n) is 6.55. The van der Waals surface area contributed by atoms with Crippen LogP contribution in [0.1, 0.15) is 43.0 Å². The van der Waals surface area contributed by atoms with Crippen molar-refractivity contribution in [1.29, 1.82) is 0 Å². The lowest BCUT2D eigenvalue weighted by atomic mass is 10.0. The summed E-state index contributed by atoms with van der Waals surface area (Å²) in [4.78, 5) is 27.4. The molecular formula is C28H32N4O4S. The van der Waals surface area contributed by atoms with Crippen LogP contribution in [0.4, 0.5) is 17.1 Å². The first-order chi connectivity index (χ1) is 17.7. The zero-order valence-corrected chi connectivity index (χ0v) is 22.1. The van der Waals surface area contributed by atoms with Gasteiger partial charge in [0.1, 0.15) is 6.04 Å². The summed E-state index contributed by atoms with van der Waals surface area (Å²) in [6.07, 6.45) is 0.751. The van der Waals surface area contributed by atoms with Crippen molar-refractivity contribution in [1.82, 2.24) is 4.72 Å². The predicted molar refractivity (Wildman–Crippen MR) is 146 cm³/mol. The van der Waals surface area contributed by atoms with Crippen molar-refractivity contribution < 1.29 is 18.0 Å². The summed E-state index contributed by atoms with van der Waals surface area (Å²) < 4.78 is 29.4. The Morgan fingerprint density at radius 3 is 2.41 bits per heavy atom. The van der Waals surface area contributed by atoms with Gasteiger partial charge in [0.2, 0.25) is 21.8 Å². The van der Waals surface area contributed by atoms with Crippen LogP contribution in [-0.4, -0.2) is 33.3 Å². The largest absolute Gasteiger partial charge is 0.372 e. The fraction of sp³-hybridized carbons (Fsp3) is 0.286. The number of nitrogens with zero attached hydrogens (tertiary/aromatic N) is 1. The van der Waals surface area contributed by atoms with Gasteiger partial charge in [0.05, 0.1) is 4.90 Å². The van der Waals surface area contributed by atoms with E-state index in [1.54, 1.807) is 42.5 Å². The van der Waals surface area contributed by atoms with Crippen LogP contribution in [0.2, 0.25) is 0 Å². The molecule has 0 aromatic heterocycles. The highest BCUT2D eigenvalue weighted by Gasteiger charge is 2.29. The standard InChI is InChI=1S/C28H32N4O4S/c1-4-32(5-2)22-12-14-24(19(3)17-22)30-28(34)27(20-9-7-6-8-10-20)31-37(35,36)23-13-15-25-21(18-23)11-16-26(33)29-25/h6-10,12-15,17-18,27,31H,4-5,11,16H2,1-3H3,(H,29,33)(H,30,34). The van der Waals surface area contributed by atoms with Gasteiger partial charge in [0.25, 0.3) is 0 Å².